The molecule has 0 saturated carbocycles. The van der Waals surface area contributed by atoms with Crippen molar-refractivity contribution in [2.75, 3.05) is 0 Å². The van der Waals surface area contributed by atoms with Crippen LogP contribution in [0.25, 0.3) is 0 Å². The lowest BCUT2D eigenvalue weighted by Crippen LogP contribution is -2.13. The molecule has 2 nitrogen and oxygen atoms in total. The number of aliphatic imine (C=N–C) groups is 1. The third-order valence-electron chi connectivity index (χ3n) is 2.84. The van der Waals surface area contributed by atoms with Crippen molar-refractivity contribution in [2.45, 2.75) is 6.04 Å². The van der Waals surface area contributed by atoms with Crippen molar-refractivity contribution >= 4 is 11.5 Å². The monoisotopic (exact) mass is 221 g/mol. The number of hydrogen-bond acceptors (Lipinski definition) is 2. The summed E-state index contributed by atoms with van der Waals surface area (Å²) < 4.78 is 0. The number of rotatable bonds is 3. The van der Waals surface area contributed by atoms with E-state index in [2.05, 4.69) is 4.99 Å². The van der Waals surface area contributed by atoms with E-state index in [9.17, 15) is 4.79 Å². The first-order chi connectivity index (χ1) is 8.36. The zero-order valence-electron chi connectivity index (χ0n) is 9.21. The minimum absolute atomic E-state index is 0.0875. The van der Waals surface area contributed by atoms with Crippen molar-refractivity contribution in [1.82, 2.24) is 0 Å². The van der Waals surface area contributed by atoms with Gasteiger partial charge in [-0.1, -0.05) is 60.7 Å². The van der Waals surface area contributed by atoms with Crippen LogP contribution in [0.5, 0.6) is 0 Å². The summed E-state index contributed by atoms with van der Waals surface area (Å²) in [6.07, 6.45) is 0. The SMILES string of the molecule is O=C(c1ccccc1)C1N=C1c1ccccc1. The maximum Gasteiger partial charge on any atom is 0.193 e. The topological polar surface area (TPSA) is 29.4 Å². The molecule has 1 aliphatic heterocycles. The molecule has 0 N–H and O–H groups in total. The van der Waals surface area contributed by atoms with Gasteiger partial charge in [0.05, 0.1) is 5.71 Å². The van der Waals surface area contributed by atoms with Crippen LogP contribution in [-0.2, 0) is 0 Å². The lowest BCUT2D eigenvalue weighted by Gasteiger charge is -1.98. The number of ketones is 1. The minimum atomic E-state index is -0.264. The largest absolute Gasteiger partial charge is 0.291 e. The van der Waals surface area contributed by atoms with Gasteiger partial charge in [-0.3, -0.25) is 9.79 Å². The highest BCUT2D eigenvalue weighted by molar-refractivity contribution is 6.29. The number of hydrogen-bond donors (Lipinski definition) is 0. The van der Waals surface area contributed by atoms with Gasteiger partial charge in [0.1, 0.15) is 0 Å². The summed E-state index contributed by atoms with van der Waals surface area (Å²) in [6, 6.07) is 18.9. The third kappa shape index (κ3) is 1.89. The second kappa shape index (κ2) is 3.98. The molecule has 0 saturated heterocycles. The molecule has 0 fully saturated rings. The number of benzene rings is 2. The third-order valence-corrected chi connectivity index (χ3v) is 2.84. The Bertz CT molecular complexity index is 572. The molecule has 1 aliphatic rings. The Morgan fingerprint density at radius 1 is 0.882 bits per heavy atom. The van der Waals surface area contributed by atoms with E-state index >= 15 is 0 Å². The van der Waals surface area contributed by atoms with E-state index in [4.69, 9.17) is 0 Å². The zero-order chi connectivity index (χ0) is 11.7. The molecule has 0 bridgehead atoms. The van der Waals surface area contributed by atoms with Crippen LogP contribution in [-0.4, -0.2) is 17.5 Å². The van der Waals surface area contributed by atoms with Gasteiger partial charge in [-0.05, 0) is 5.56 Å². The van der Waals surface area contributed by atoms with E-state index < -0.39 is 0 Å². The highest BCUT2D eigenvalue weighted by atomic mass is 16.1. The molecule has 1 heterocycles. The number of carbonyl (C=O) groups is 1. The van der Waals surface area contributed by atoms with Crippen LogP contribution in [0.3, 0.4) is 0 Å². The van der Waals surface area contributed by atoms with E-state index in [1.165, 1.54) is 0 Å². The lowest BCUT2D eigenvalue weighted by molar-refractivity contribution is 0.0995. The first kappa shape index (κ1) is 9.97. The average molecular weight is 221 g/mol. The van der Waals surface area contributed by atoms with Crippen LogP contribution < -0.4 is 0 Å². The lowest BCUT2D eigenvalue weighted by atomic mass is 10.0. The Balaban J connectivity index is 1.77. The van der Waals surface area contributed by atoms with Gasteiger partial charge in [0.15, 0.2) is 11.8 Å². The Labute approximate surface area is 99.6 Å². The molecule has 1 atom stereocenters. The van der Waals surface area contributed by atoms with Crippen molar-refractivity contribution in [3.63, 3.8) is 0 Å². The fourth-order valence-corrected chi connectivity index (χ4v) is 1.89. The maximum absolute atomic E-state index is 12.1. The quantitative estimate of drug-likeness (QED) is 0.733. The zero-order valence-corrected chi connectivity index (χ0v) is 9.21. The van der Waals surface area contributed by atoms with E-state index in [1.807, 2.05) is 60.7 Å². The second-order valence-electron chi connectivity index (χ2n) is 4.01. The van der Waals surface area contributed by atoms with Crippen LogP contribution in [0, 0.1) is 0 Å². The first-order valence-corrected chi connectivity index (χ1v) is 5.58. The molecule has 2 heteroatoms. The van der Waals surface area contributed by atoms with Gasteiger partial charge in [-0.25, -0.2) is 0 Å². The van der Waals surface area contributed by atoms with Crippen molar-refractivity contribution in [3.8, 4) is 0 Å². The summed E-state index contributed by atoms with van der Waals surface area (Å²) >= 11 is 0. The van der Waals surface area contributed by atoms with Crippen molar-refractivity contribution in [3.05, 3.63) is 71.8 Å². The summed E-state index contributed by atoms with van der Waals surface area (Å²) in [7, 11) is 0. The Morgan fingerprint density at radius 2 is 1.47 bits per heavy atom. The van der Waals surface area contributed by atoms with Crippen molar-refractivity contribution < 1.29 is 4.79 Å². The van der Waals surface area contributed by atoms with Gasteiger partial charge in [0.25, 0.3) is 0 Å². The van der Waals surface area contributed by atoms with Crippen LogP contribution >= 0.6 is 0 Å². The Kier molecular flexibility index (Phi) is 2.33. The van der Waals surface area contributed by atoms with Crippen LogP contribution in [0.15, 0.2) is 65.7 Å². The molecule has 17 heavy (non-hydrogen) atoms. The highest BCUT2D eigenvalue weighted by Crippen LogP contribution is 2.23. The van der Waals surface area contributed by atoms with E-state index in [-0.39, 0.29) is 11.8 Å². The predicted octanol–water partition coefficient (Wildman–Crippen LogP) is 2.74. The molecule has 2 aromatic carbocycles. The molecular formula is C15H11NO. The van der Waals surface area contributed by atoms with Gasteiger partial charge in [0.2, 0.25) is 0 Å². The van der Waals surface area contributed by atoms with Gasteiger partial charge < -0.3 is 0 Å². The smallest absolute Gasteiger partial charge is 0.193 e. The average Bonchev–Trinajstić information content (AvgIpc) is 3.20. The standard InChI is InChI=1S/C15H11NO/c17-15(12-9-5-2-6-10-12)14-13(16-14)11-7-3-1-4-8-11/h1-10,14H. The van der Waals surface area contributed by atoms with Crippen molar-refractivity contribution in [2.24, 2.45) is 4.99 Å². The Hall–Kier alpha value is -2.22. The normalized spacial score (nSPS) is 17.4. The number of nitrogens with zero attached hydrogens (tertiary/aromatic N) is 1. The molecule has 1 unspecified atom stereocenters. The molecule has 3 rings (SSSR count). The molecule has 2 aromatic rings. The van der Waals surface area contributed by atoms with Crippen molar-refractivity contribution in [1.29, 1.82) is 0 Å². The minimum Gasteiger partial charge on any atom is -0.291 e. The molecule has 0 aromatic heterocycles. The summed E-state index contributed by atoms with van der Waals surface area (Å²) in [5.74, 6) is 0.0875. The predicted molar refractivity (Wildman–Crippen MR) is 67.5 cm³/mol. The summed E-state index contributed by atoms with van der Waals surface area (Å²) in [6.45, 7) is 0. The number of carbonyl (C=O) groups excluding carboxylic acids is 1. The highest BCUT2D eigenvalue weighted by Gasteiger charge is 2.35. The van der Waals surface area contributed by atoms with Gasteiger partial charge in [-0.15, -0.1) is 0 Å². The van der Waals surface area contributed by atoms with Crippen LogP contribution in [0.2, 0.25) is 0 Å². The van der Waals surface area contributed by atoms with E-state index in [1.54, 1.807) is 0 Å². The molecule has 0 radical (unpaired) electrons. The second-order valence-corrected chi connectivity index (χ2v) is 4.01. The fourth-order valence-electron chi connectivity index (χ4n) is 1.89. The van der Waals surface area contributed by atoms with Gasteiger partial charge >= 0.3 is 0 Å². The molecule has 82 valence electrons. The molecule has 0 amide bonds. The number of Topliss-reactive ketones (excluding diaryl/α,β-unsaturated/α-hetero) is 1. The van der Waals surface area contributed by atoms with E-state index in [0.29, 0.717) is 0 Å². The first-order valence-electron chi connectivity index (χ1n) is 5.58. The molecule has 0 spiro atoms. The maximum atomic E-state index is 12.1. The summed E-state index contributed by atoms with van der Waals surface area (Å²) in [5.41, 5.74) is 2.67. The Morgan fingerprint density at radius 3 is 2.12 bits per heavy atom. The van der Waals surface area contributed by atoms with E-state index in [0.717, 1.165) is 16.8 Å². The van der Waals surface area contributed by atoms with Gasteiger partial charge in [0, 0.05) is 5.56 Å². The molecule has 0 aliphatic carbocycles. The summed E-state index contributed by atoms with van der Waals surface area (Å²) in [4.78, 5) is 16.3. The fraction of sp³-hybridized carbons (Fsp3) is 0.0667. The van der Waals surface area contributed by atoms with Gasteiger partial charge in [-0.2, -0.15) is 0 Å². The molecular weight excluding hydrogens is 210 g/mol. The van der Waals surface area contributed by atoms with Crippen LogP contribution in [0.4, 0.5) is 0 Å². The summed E-state index contributed by atoms with van der Waals surface area (Å²) in [5, 5.41) is 0. The van der Waals surface area contributed by atoms with Crippen LogP contribution in [0.1, 0.15) is 15.9 Å².